The van der Waals surface area contributed by atoms with Crippen LogP contribution in [-0.4, -0.2) is 14.8 Å². The fourth-order valence-corrected chi connectivity index (χ4v) is 2.22. The lowest BCUT2D eigenvalue weighted by molar-refractivity contribution is 0.790. The number of nitriles is 1. The lowest BCUT2D eigenvalue weighted by Crippen LogP contribution is -2.02. The SMILES string of the molecule is CCc1nc(CC)n(-c2cc(Br)cc(C#N)c2)n1. The van der Waals surface area contributed by atoms with Gasteiger partial charge in [-0.3, -0.25) is 0 Å². The van der Waals surface area contributed by atoms with E-state index in [1.807, 2.05) is 30.7 Å². The number of nitrogens with zero attached hydrogens (tertiary/aromatic N) is 4. The molecule has 1 aromatic carbocycles. The first-order chi connectivity index (χ1) is 8.67. The van der Waals surface area contributed by atoms with Crippen LogP contribution in [0.15, 0.2) is 22.7 Å². The number of rotatable bonds is 3. The molecule has 92 valence electrons. The van der Waals surface area contributed by atoms with E-state index in [4.69, 9.17) is 5.26 Å². The predicted molar refractivity (Wildman–Crippen MR) is 72.5 cm³/mol. The van der Waals surface area contributed by atoms with Crippen LogP contribution in [-0.2, 0) is 12.8 Å². The van der Waals surface area contributed by atoms with E-state index in [1.165, 1.54) is 0 Å². The average molecular weight is 305 g/mol. The summed E-state index contributed by atoms with van der Waals surface area (Å²) in [5, 5.41) is 13.5. The van der Waals surface area contributed by atoms with E-state index < -0.39 is 0 Å². The number of hydrogen-bond acceptors (Lipinski definition) is 3. The van der Waals surface area contributed by atoms with Gasteiger partial charge < -0.3 is 0 Å². The van der Waals surface area contributed by atoms with Gasteiger partial charge in [-0.1, -0.05) is 29.8 Å². The molecule has 0 aliphatic heterocycles. The lowest BCUT2D eigenvalue weighted by atomic mass is 10.2. The Bertz CT molecular complexity index is 610. The summed E-state index contributed by atoms with van der Waals surface area (Å²) in [4.78, 5) is 4.46. The number of aromatic nitrogens is 3. The number of halogens is 1. The molecule has 0 unspecified atom stereocenters. The number of hydrogen-bond donors (Lipinski definition) is 0. The lowest BCUT2D eigenvalue weighted by Gasteiger charge is -2.05. The van der Waals surface area contributed by atoms with Gasteiger partial charge in [0, 0.05) is 17.3 Å². The summed E-state index contributed by atoms with van der Waals surface area (Å²) in [6.07, 6.45) is 1.61. The Balaban J connectivity index is 2.57. The summed E-state index contributed by atoms with van der Waals surface area (Å²) in [5.74, 6) is 1.74. The van der Waals surface area contributed by atoms with Crippen molar-refractivity contribution < 1.29 is 0 Å². The molecule has 5 heteroatoms. The third kappa shape index (κ3) is 2.44. The average Bonchev–Trinajstić information content (AvgIpc) is 2.81. The van der Waals surface area contributed by atoms with E-state index in [9.17, 15) is 0 Å². The van der Waals surface area contributed by atoms with Crippen LogP contribution in [0.5, 0.6) is 0 Å². The Morgan fingerprint density at radius 1 is 1.28 bits per heavy atom. The molecule has 2 rings (SSSR count). The second kappa shape index (κ2) is 5.32. The Morgan fingerprint density at radius 2 is 2.06 bits per heavy atom. The van der Waals surface area contributed by atoms with Gasteiger partial charge in [0.1, 0.15) is 5.82 Å². The van der Waals surface area contributed by atoms with Gasteiger partial charge in [-0.15, -0.1) is 0 Å². The first-order valence-electron chi connectivity index (χ1n) is 5.83. The molecule has 0 saturated carbocycles. The predicted octanol–water partition coefficient (Wildman–Crippen LogP) is 3.03. The summed E-state index contributed by atoms with van der Waals surface area (Å²) >= 11 is 3.41. The summed E-state index contributed by atoms with van der Waals surface area (Å²) < 4.78 is 2.68. The van der Waals surface area contributed by atoms with Gasteiger partial charge in [-0.2, -0.15) is 10.4 Å². The second-order valence-electron chi connectivity index (χ2n) is 3.87. The Labute approximate surface area is 114 Å². The number of aryl methyl sites for hydroxylation is 2. The van der Waals surface area contributed by atoms with Gasteiger partial charge in [0.25, 0.3) is 0 Å². The van der Waals surface area contributed by atoms with Crippen molar-refractivity contribution in [3.05, 3.63) is 39.9 Å². The van der Waals surface area contributed by atoms with Crippen LogP contribution in [0.4, 0.5) is 0 Å². The van der Waals surface area contributed by atoms with Crippen LogP contribution < -0.4 is 0 Å². The maximum Gasteiger partial charge on any atom is 0.151 e. The van der Waals surface area contributed by atoms with Gasteiger partial charge in [-0.05, 0) is 18.2 Å². The summed E-state index contributed by atoms with van der Waals surface area (Å²) in [6, 6.07) is 7.69. The van der Waals surface area contributed by atoms with Crippen molar-refractivity contribution in [1.82, 2.24) is 14.8 Å². The molecule has 0 saturated heterocycles. The standard InChI is InChI=1S/C13H13BrN4/c1-3-12-16-13(4-2)18(17-12)11-6-9(8-15)5-10(14)7-11/h5-7H,3-4H2,1-2H3. The van der Waals surface area contributed by atoms with Gasteiger partial charge in [0.05, 0.1) is 17.3 Å². The third-order valence-corrected chi connectivity index (χ3v) is 3.06. The third-order valence-electron chi connectivity index (χ3n) is 2.61. The highest BCUT2D eigenvalue weighted by Gasteiger charge is 2.10. The minimum atomic E-state index is 0.606. The number of benzene rings is 1. The maximum atomic E-state index is 9.00. The van der Waals surface area contributed by atoms with Crippen LogP contribution in [0.2, 0.25) is 0 Å². The zero-order chi connectivity index (χ0) is 13.1. The molecule has 1 heterocycles. The molecule has 0 bridgehead atoms. The van der Waals surface area contributed by atoms with E-state index >= 15 is 0 Å². The summed E-state index contributed by atoms with van der Waals surface area (Å²) in [5.41, 5.74) is 1.47. The smallest absolute Gasteiger partial charge is 0.151 e. The quantitative estimate of drug-likeness (QED) is 0.876. The molecule has 4 nitrogen and oxygen atoms in total. The molecule has 0 amide bonds. The zero-order valence-corrected chi connectivity index (χ0v) is 11.9. The molecule has 2 aromatic rings. The molecular weight excluding hydrogens is 292 g/mol. The monoisotopic (exact) mass is 304 g/mol. The summed E-state index contributed by atoms with van der Waals surface area (Å²) in [6.45, 7) is 4.07. The molecule has 0 aliphatic carbocycles. The minimum Gasteiger partial charge on any atom is -0.218 e. The molecule has 0 radical (unpaired) electrons. The molecule has 0 aliphatic rings. The van der Waals surface area contributed by atoms with Gasteiger partial charge in [0.15, 0.2) is 5.82 Å². The maximum absolute atomic E-state index is 9.00. The van der Waals surface area contributed by atoms with E-state index in [0.717, 1.165) is 34.7 Å². The summed E-state index contributed by atoms with van der Waals surface area (Å²) in [7, 11) is 0. The van der Waals surface area contributed by atoms with Crippen LogP contribution in [0.1, 0.15) is 31.1 Å². The minimum absolute atomic E-state index is 0.606. The second-order valence-corrected chi connectivity index (χ2v) is 4.79. The van der Waals surface area contributed by atoms with Gasteiger partial charge in [0.2, 0.25) is 0 Å². The molecule has 0 N–H and O–H groups in total. The van der Waals surface area contributed by atoms with Crippen molar-refractivity contribution in [2.24, 2.45) is 0 Å². The Hall–Kier alpha value is -1.67. The highest BCUT2D eigenvalue weighted by molar-refractivity contribution is 9.10. The van der Waals surface area contributed by atoms with E-state index in [2.05, 4.69) is 32.1 Å². The van der Waals surface area contributed by atoms with Gasteiger partial charge >= 0.3 is 0 Å². The van der Waals surface area contributed by atoms with Crippen molar-refractivity contribution >= 4 is 15.9 Å². The van der Waals surface area contributed by atoms with Crippen LogP contribution in [0.25, 0.3) is 5.69 Å². The molecule has 1 aromatic heterocycles. The Morgan fingerprint density at radius 3 is 2.67 bits per heavy atom. The Kier molecular flexibility index (Phi) is 3.78. The van der Waals surface area contributed by atoms with Crippen molar-refractivity contribution in [2.45, 2.75) is 26.7 Å². The molecular formula is C13H13BrN4. The first-order valence-corrected chi connectivity index (χ1v) is 6.63. The largest absolute Gasteiger partial charge is 0.218 e. The topological polar surface area (TPSA) is 54.5 Å². The normalized spacial score (nSPS) is 10.3. The van der Waals surface area contributed by atoms with Crippen molar-refractivity contribution in [3.63, 3.8) is 0 Å². The fourth-order valence-electron chi connectivity index (χ4n) is 1.74. The zero-order valence-electron chi connectivity index (χ0n) is 10.3. The van der Waals surface area contributed by atoms with Crippen molar-refractivity contribution in [3.8, 4) is 11.8 Å². The first kappa shape index (κ1) is 12.8. The highest BCUT2D eigenvalue weighted by Crippen LogP contribution is 2.19. The highest BCUT2D eigenvalue weighted by atomic mass is 79.9. The van der Waals surface area contributed by atoms with Crippen molar-refractivity contribution in [2.75, 3.05) is 0 Å². The van der Waals surface area contributed by atoms with Crippen LogP contribution >= 0.6 is 15.9 Å². The van der Waals surface area contributed by atoms with E-state index in [-0.39, 0.29) is 0 Å². The van der Waals surface area contributed by atoms with E-state index in [1.54, 1.807) is 6.07 Å². The molecule has 0 fully saturated rings. The van der Waals surface area contributed by atoms with Gasteiger partial charge in [-0.25, -0.2) is 9.67 Å². The molecule has 18 heavy (non-hydrogen) atoms. The molecule has 0 atom stereocenters. The van der Waals surface area contributed by atoms with Crippen LogP contribution in [0.3, 0.4) is 0 Å². The van der Waals surface area contributed by atoms with E-state index in [0.29, 0.717) is 5.56 Å². The fraction of sp³-hybridized carbons (Fsp3) is 0.308. The molecule has 0 spiro atoms. The van der Waals surface area contributed by atoms with Crippen molar-refractivity contribution in [1.29, 1.82) is 5.26 Å². The van der Waals surface area contributed by atoms with Crippen LogP contribution in [0, 0.1) is 11.3 Å².